The summed E-state index contributed by atoms with van der Waals surface area (Å²) in [6.45, 7) is 6.22. The number of rotatable bonds is 5. The summed E-state index contributed by atoms with van der Waals surface area (Å²) in [4.78, 5) is 16.6. The second-order valence-corrected chi connectivity index (χ2v) is 5.54. The quantitative estimate of drug-likeness (QED) is 0.789. The Balaban J connectivity index is 1.75. The number of aliphatic hydroxyl groups excluding tert-OH is 1. The molecule has 1 atom stereocenters. The number of hydrogen-bond acceptors (Lipinski definition) is 4. The lowest BCUT2D eigenvalue weighted by Crippen LogP contribution is -2.50. The molecule has 2 aliphatic rings. The highest BCUT2D eigenvalue weighted by Gasteiger charge is 2.30. The van der Waals surface area contributed by atoms with E-state index in [1.54, 1.807) is 0 Å². The van der Waals surface area contributed by atoms with E-state index in [1.165, 1.54) is 0 Å². The highest BCUT2D eigenvalue weighted by Crippen LogP contribution is 2.18. The molecule has 1 unspecified atom stereocenters. The predicted molar refractivity (Wildman–Crippen MR) is 72.9 cm³/mol. The monoisotopic (exact) mass is 270 g/mol. The molecule has 5 nitrogen and oxygen atoms in total. The minimum atomic E-state index is -0.00288. The Kier molecular flexibility index (Phi) is 5.60. The van der Waals surface area contributed by atoms with E-state index in [0.717, 1.165) is 51.9 Å². The summed E-state index contributed by atoms with van der Waals surface area (Å²) in [5.41, 5.74) is 0. The number of carbonyl (C=O) groups is 1. The summed E-state index contributed by atoms with van der Waals surface area (Å²) in [6, 6.07) is -0.00288. The molecule has 0 bridgehead atoms. The second kappa shape index (κ2) is 7.22. The predicted octanol–water partition coefficient (Wildman–Crippen LogP) is 0.471. The molecule has 110 valence electrons. The van der Waals surface area contributed by atoms with E-state index in [2.05, 4.69) is 4.90 Å². The van der Waals surface area contributed by atoms with Gasteiger partial charge in [0.05, 0.1) is 25.4 Å². The summed E-state index contributed by atoms with van der Waals surface area (Å²) < 4.78 is 5.55. The van der Waals surface area contributed by atoms with Gasteiger partial charge in [-0.1, -0.05) is 0 Å². The third-order valence-electron chi connectivity index (χ3n) is 4.24. The van der Waals surface area contributed by atoms with Crippen LogP contribution < -0.4 is 0 Å². The number of likely N-dealkylation sites (tertiary alicyclic amines) is 2. The summed E-state index contributed by atoms with van der Waals surface area (Å²) in [6.07, 6.45) is 4.46. The third-order valence-corrected chi connectivity index (χ3v) is 4.24. The zero-order chi connectivity index (χ0) is 13.7. The van der Waals surface area contributed by atoms with E-state index in [-0.39, 0.29) is 24.7 Å². The summed E-state index contributed by atoms with van der Waals surface area (Å²) in [7, 11) is 0. The van der Waals surface area contributed by atoms with E-state index in [4.69, 9.17) is 9.84 Å². The van der Waals surface area contributed by atoms with Crippen molar-refractivity contribution in [3.63, 3.8) is 0 Å². The van der Waals surface area contributed by atoms with Crippen molar-refractivity contribution in [2.24, 2.45) is 0 Å². The molecule has 2 heterocycles. The molecule has 2 saturated heterocycles. The van der Waals surface area contributed by atoms with E-state index in [1.807, 2.05) is 11.8 Å². The van der Waals surface area contributed by atoms with Gasteiger partial charge in [0.15, 0.2) is 0 Å². The first-order chi connectivity index (χ1) is 9.22. The average molecular weight is 270 g/mol. The van der Waals surface area contributed by atoms with Gasteiger partial charge in [-0.05, 0) is 32.6 Å². The molecule has 0 aliphatic carbocycles. The van der Waals surface area contributed by atoms with Crippen LogP contribution in [-0.2, 0) is 9.53 Å². The van der Waals surface area contributed by atoms with Crippen molar-refractivity contribution in [1.29, 1.82) is 0 Å². The first-order valence-electron chi connectivity index (χ1n) is 7.47. The number of piperidine rings is 1. The number of nitrogens with zero attached hydrogens (tertiary/aromatic N) is 2. The Labute approximate surface area is 115 Å². The van der Waals surface area contributed by atoms with Crippen molar-refractivity contribution in [3.8, 4) is 0 Å². The maximum Gasteiger partial charge on any atom is 0.239 e. The van der Waals surface area contributed by atoms with Gasteiger partial charge in [0.1, 0.15) is 0 Å². The zero-order valence-electron chi connectivity index (χ0n) is 11.9. The van der Waals surface area contributed by atoms with Crippen LogP contribution >= 0.6 is 0 Å². The fraction of sp³-hybridized carbons (Fsp3) is 0.929. The molecule has 1 N–H and O–H groups in total. The van der Waals surface area contributed by atoms with E-state index in [9.17, 15) is 4.79 Å². The van der Waals surface area contributed by atoms with Crippen molar-refractivity contribution < 1.29 is 14.6 Å². The van der Waals surface area contributed by atoms with Crippen molar-refractivity contribution in [2.75, 3.05) is 39.4 Å². The van der Waals surface area contributed by atoms with E-state index >= 15 is 0 Å². The topological polar surface area (TPSA) is 53.0 Å². The minimum absolute atomic E-state index is 0.00288. The smallest absolute Gasteiger partial charge is 0.239 e. The van der Waals surface area contributed by atoms with Gasteiger partial charge in [0.25, 0.3) is 0 Å². The van der Waals surface area contributed by atoms with Crippen LogP contribution in [0.4, 0.5) is 0 Å². The van der Waals surface area contributed by atoms with Gasteiger partial charge >= 0.3 is 0 Å². The number of ether oxygens (including phenoxy) is 1. The number of aliphatic hydroxyl groups is 1. The number of carbonyl (C=O) groups excluding carboxylic acids is 1. The van der Waals surface area contributed by atoms with Gasteiger partial charge in [-0.25, -0.2) is 0 Å². The largest absolute Gasteiger partial charge is 0.394 e. The van der Waals surface area contributed by atoms with E-state index < -0.39 is 0 Å². The molecular weight excluding hydrogens is 244 g/mol. The number of amides is 1. The molecule has 0 aromatic heterocycles. The second-order valence-electron chi connectivity index (χ2n) is 5.54. The first-order valence-corrected chi connectivity index (χ1v) is 7.47. The zero-order valence-corrected chi connectivity index (χ0v) is 11.9. The Hall–Kier alpha value is -0.650. The van der Waals surface area contributed by atoms with Crippen LogP contribution in [0, 0.1) is 0 Å². The molecule has 2 fully saturated rings. The standard InChI is InChI=1S/C14H26N2O3/c1-12(14(18)16-6-2-3-7-16)15-8-4-13(5-9-15)19-11-10-17/h12-13,17H,2-11H2,1H3. The number of hydrogen-bond donors (Lipinski definition) is 1. The van der Waals surface area contributed by atoms with Crippen molar-refractivity contribution in [1.82, 2.24) is 9.80 Å². The maximum atomic E-state index is 12.3. The van der Waals surface area contributed by atoms with Crippen LogP contribution in [0.5, 0.6) is 0 Å². The molecule has 5 heteroatoms. The summed E-state index contributed by atoms with van der Waals surface area (Å²) in [5.74, 6) is 0.284. The Morgan fingerprint density at radius 1 is 1.26 bits per heavy atom. The minimum Gasteiger partial charge on any atom is -0.394 e. The molecule has 19 heavy (non-hydrogen) atoms. The summed E-state index contributed by atoms with van der Waals surface area (Å²) in [5, 5.41) is 8.75. The lowest BCUT2D eigenvalue weighted by molar-refractivity contribution is -0.136. The molecule has 0 aromatic rings. The maximum absolute atomic E-state index is 12.3. The molecule has 0 radical (unpaired) electrons. The average Bonchev–Trinajstić information content (AvgIpc) is 2.98. The highest BCUT2D eigenvalue weighted by molar-refractivity contribution is 5.81. The van der Waals surface area contributed by atoms with Gasteiger partial charge in [-0.3, -0.25) is 9.69 Å². The van der Waals surface area contributed by atoms with Crippen molar-refractivity contribution in [2.45, 2.75) is 44.8 Å². The van der Waals surface area contributed by atoms with Crippen LogP contribution in [0.2, 0.25) is 0 Å². The van der Waals surface area contributed by atoms with E-state index in [0.29, 0.717) is 6.61 Å². The third kappa shape index (κ3) is 3.91. The van der Waals surface area contributed by atoms with Crippen LogP contribution in [0.1, 0.15) is 32.6 Å². The fourth-order valence-electron chi connectivity index (χ4n) is 3.01. The summed E-state index contributed by atoms with van der Waals surface area (Å²) >= 11 is 0. The molecular formula is C14H26N2O3. The van der Waals surface area contributed by atoms with Crippen LogP contribution in [0.3, 0.4) is 0 Å². The van der Waals surface area contributed by atoms with Gasteiger partial charge < -0.3 is 14.7 Å². The first kappa shape index (κ1) is 14.8. The van der Waals surface area contributed by atoms with Crippen molar-refractivity contribution in [3.05, 3.63) is 0 Å². The molecule has 0 aromatic carbocycles. The van der Waals surface area contributed by atoms with Gasteiger partial charge in [-0.15, -0.1) is 0 Å². The van der Waals surface area contributed by atoms with Crippen LogP contribution in [0.25, 0.3) is 0 Å². The molecule has 2 rings (SSSR count). The highest BCUT2D eigenvalue weighted by atomic mass is 16.5. The Morgan fingerprint density at radius 3 is 2.47 bits per heavy atom. The van der Waals surface area contributed by atoms with Gasteiger partial charge in [0, 0.05) is 26.2 Å². The fourth-order valence-corrected chi connectivity index (χ4v) is 3.01. The molecule has 0 saturated carbocycles. The molecule has 2 aliphatic heterocycles. The van der Waals surface area contributed by atoms with Gasteiger partial charge in [0.2, 0.25) is 5.91 Å². The Bertz CT molecular complexity index is 284. The lowest BCUT2D eigenvalue weighted by atomic mass is 10.1. The molecule has 0 spiro atoms. The normalized spacial score (nSPS) is 23.8. The van der Waals surface area contributed by atoms with Crippen LogP contribution in [0.15, 0.2) is 0 Å². The molecule has 1 amide bonds. The lowest BCUT2D eigenvalue weighted by Gasteiger charge is -2.36. The Morgan fingerprint density at radius 2 is 1.89 bits per heavy atom. The van der Waals surface area contributed by atoms with Crippen LogP contribution in [-0.4, -0.2) is 72.4 Å². The van der Waals surface area contributed by atoms with Crippen molar-refractivity contribution >= 4 is 5.91 Å². The van der Waals surface area contributed by atoms with Gasteiger partial charge in [-0.2, -0.15) is 0 Å². The SMILES string of the molecule is CC(C(=O)N1CCCC1)N1CCC(OCCO)CC1.